The lowest BCUT2D eigenvalue weighted by Gasteiger charge is -1.82. The van der Waals surface area contributed by atoms with Gasteiger partial charge in [0.05, 0.1) is 0 Å². The van der Waals surface area contributed by atoms with Gasteiger partial charge in [0, 0.05) is 12.4 Å². The second-order valence-electron chi connectivity index (χ2n) is 1.52. The van der Waals surface area contributed by atoms with Gasteiger partial charge in [-0.1, -0.05) is 22.6 Å². The minimum Gasteiger partial charge on any atom is -0.265 e. The van der Waals surface area contributed by atoms with Crippen molar-refractivity contribution in [1.82, 2.24) is 4.98 Å². The molecular weight excluding hydrogens is 225 g/mol. The van der Waals surface area contributed by atoms with Gasteiger partial charge in [0.1, 0.15) is 0 Å². The summed E-state index contributed by atoms with van der Waals surface area (Å²) in [6.07, 6.45) is 3.57. The third-order valence-corrected chi connectivity index (χ3v) is 0.847. The van der Waals surface area contributed by atoms with Crippen LogP contribution in [0.5, 0.6) is 0 Å². The highest BCUT2D eigenvalue weighted by atomic mass is 127. The van der Waals surface area contributed by atoms with E-state index in [1.54, 1.807) is 12.4 Å². The lowest BCUT2D eigenvalue weighted by molar-refractivity contribution is 1.29. The van der Waals surface area contributed by atoms with Crippen LogP contribution >= 0.6 is 22.6 Å². The van der Waals surface area contributed by atoms with Crippen molar-refractivity contribution < 1.29 is 0 Å². The van der Waals surface area contributed by atoms with Gasteiger partial charge in [-0.3, -0.25) is 4.98 Å². The normalized spacial score (nSPS) is 7.44. The van der Waals surface area contributed by atoms with Gasteiger partial charge < -0.3 is 0 Å². The molecule has 0 atom stereocenters. The van der Waals surface area contributed by atoms with Gasteiger partial charge >= 0.3 is 0 Å². The van der Waals surface area contributed by atoms with Crippen LogP contribution in [0, 0.1) is 6.92 Å². The van der Waals surface area contributed by atoms with Gasteiger partial charge in [-0.05, 0) is 29.6 Å². The smallest absolute Gasteiger partial charge is 0.0270 e. The molecule has 1 heterocycles. The van der Waals surface area contributed by atoms with Crippen molar-refractivity contribution in [2.24, 2.45) is 0 Å². The second-order valence-corrected chi connectivity index (χ2v) is 1.52. The van der Waals surface area contributed by atoms with E-state index in [1.807, 2.05) is 24.0 Å². The van der Waals surface area contributed by atoms with Crippen molar-refractivity contribution in [3.63, 3.8) is 0 Å². The molecule has 0 saturated carbocycles. The maximum Gasteiger partial charge on any atom is 0.0270 e. The molecule has 0 saturated heterocycles. The SMILES string of the molecule is CI.Cc1ccncc1. The summed E-state index contributed by atoms with van der Waals surface area (Å²) >= 11 is 2.15. The zero-order valence-electron chi connectivity index (χ0n) is 5.63. The summed E-state index contributed by atoms with van der Waals surface area (Å²) in [6, 6.07) is 3.94. The van der Waals surface area contributed by atoms with Gasteiger partial charge in [0.25, 0.3) is 0 Å². The number of rotatable bonds is 0. The number of pyridine rings is 1. The Labute approximate surface area is 69.6 Å². The van der Waals surface area contributed by atoms with Gasteiger partial charge in [-0.25, -0.2) is 0 Å². The molecule has 1 aromatic heterocycles. The summed E-state index contributed by atoms with van der Waals surface area (Å²) in [5, 5.41) is 0. The van der Waals surface area contributed by atoms with Crippen molar-refractivity contribution in [3.05, 3.63) is 30.1 Å². The molecule has 1 rings (SSSR count). The van der Waals surface area contributed by atoms with E-state index in [1.165, 1.54) is 5.56 Å². The Morgan fingerprint density at radius 1 is 1.22 bits per heavy atom. The first kappa shape index (κ1) is 8.88. The van der Waals surface area contributed by atoms with Gasteiger partial charge in [0.2, 0.25) is 0 Å². The van der Waals surface area contributed by atoms with E-state index in [4.69, 9.17) is 0 Å². The van der Waals surface area contributed by atoms with E-state index in [9.17, 15) is 0 Å². The predicted octanol–water partition coefficient (Wildman–Crippen LogP) is 2.44. The average molecular weight is 235 g/mol. The monoisotopic (exact) mass is 235 g/mol. The van der Waals surface area contributed by atoms with E-state index in [0.717, 1.165) is 0 Å². The number of aromatic nitrogens is 1. The molecule has 0 N–H and O–H groups in total. The van der Waals surface area contributed by atoms with Gasteiger partial charge in [-0.2, -0.15) is 0 Å². The Kier molecular flexibility index (Phi) is 5.93. The summed E-state index contributed by atoms with van der Waals surface area (Å²) in [4.78, 5) is 5.82. The molecule has 1 nitrogen and oxygen atoms in total. The molecule has 2 heteroatoms. The molecule has 0 aliphatic rings. The van der Waals surface area contributed by atoms with Crippen LogP contribution in [0.3, 0.4) is 0 Å². The fourth-order valence-corrected chi connectivity index (χ4v) is 0.426. The van der Waals surface area contributed by atoms with Gasteiger partial charge in [-0.15, -0.1) is 0 Å². The third-order valence-electron chi connectivity index (χ3n) is 0.847. The molecule has 0 aliphatic heterocycles. The summed E-state index contributed by atoms with van der Waals surface area (Å²) in [5.74, 6) is 0. The van der Waals surface area contributed by atoms with Crippen molar-refractivity contribution in [3.8, 4) is 0 Å². The van der Waals surface area contributed by atoms with Crippen LogP contribution in [-0.2, 0) is 0 Å². The van der Waals surface area contributed by atoms with Gasteiger partial charge in [0.15, 0.2) is 0 Å². The van der Waals surface area contributed by atoms with Crippen molar-refractivity contribution in [1.29, 1.82) is 0 Å². The zero-order chi connectivity index (χ0) is 7.11. The first-order chi connectivity index (χ1) is 4.39. The van der Waals surface area contributed by atoms with E-state index in [-0.39, 0.29) is 0 Å². The molecule has 50 valence electrons. The van der Waals surface area contributed by atoms with Crippen LogP contribution in [0.4, 0.5) is 0 Å². The fraction of sp³-hybridized carbons (Fsp3) is 0.286. The molecule has 1 aromatic rings. The van der Waals surface area contributed by atoms with Crippen molar-refractivity contribution >= 4 is 22.6 Å². The molecule has 0 fully saturated rings. The minimum absolute atomic E-state index is 1.26. The number of nitrogens with zero attached hydrogens (tertiary/aromatic N) is 1. The highest BCUT2D eigenvalue weighted by Crippen LogP contribution is 1.88. The Balaban J connectivity index is 0.000000291. The maximum absolute atomic E-state index is 3.85. The molecule has 0 spiro atoms. The van der Waals surface area contributed by atoms with E-state index >= 15 is 0 Å². The maximum atomic E-state index is 3.85. The third kappa shape index (κ3) is 4.39. The van der Waals surface area contributed by atoms with Crippen molar-refractivity contribution in [2.75, 3.05) is 4.93 Å². The van der Waals surface area contributed by atoms with E-state index in [0.29, 0.717) is 0 Å². The fourth-order valence-electron chi connectivity index (χ4n) is 0.426. The summed E-state index contributed by atoms with van der Waals surface area (Å²) in [7, 11) is 0. The number of hydrogen-bond acceptors (Lipinski definition) is 1. The number of halogens is 1. The molecule has 0 aromatic carbocycles. The highest BCUT2D eigenvalue weighted by molar-refractivity contribution is 14.1. The standard InChI is InChI=1S/C6H7N.CH3I/c1-6-2-4-7-5-3-6;1-2/h2-5H,1H3;1H3. The first-order valence-corrected chi connectivity index (χ1v) is 4.80. The molecule has 0 radical (unpaired) electrons. The summed E-state index contributed by atoms with van der Waals surface area (Å²) < 4.78 is 0. The Bertz CT molecular complexity index is 139. The summed E-state index contributed by atoms with van der Waals surface area (Å²) in [5.41, 5.74) is 1.26. The van der Waals surface area contributed by atoms with Crippen LogP contribution in [0.25, 0.3) is 0 Å². The Morgan fingerprint density at radius 3 is 1.89 bits per heavy atom. The topological polar surface area (TPSA) is 12.9 Å². The van der Waals surface area contributed by atoms with Crippen molar-refractivity contribution in [2.45, 2.75) is 6.92 Å². The Morgan fingerprint density at radius 2 is 1.67 bits per heavy atom. The largest absolute Gasteiger partial charge is 0.265 e. The van der Waals surface area contributed by atoms with E-state index < -0.39 is 0 Å². The first-order valence-electron chi connectivity index (χ1n) is 2.64. The lowest BCUT2D eigenvalue weighted by atomic mass is 10.3. The molecule has 0 bridgehead atoms. The highest BCUT2D eigenvalue weighted by Gasteiger charge is 1.72. The van der Waals surface area contributed by atoms with Crippen LogP contribution in [0.2, 0.25) is 0 Å². The second kappa shape index (κ2) is 6.01. The molecule has 0 amide bonds. The molecular formula is C7H10IN. The van der Waals surface area contributed by atoms with E-state index in [2.05, 4.69) is 27.6 Å². The number of hydrogen-bond donors (Lipinski definition) is 0. The number of aryl methyl sites for hydroxylation is 1. The molecule has 9 heavy (non-hydrogen) atoms. The zero-order valence-corrected chi connectivity index (χ0v) is 7.79. The molecule has 0 unspecified atom stereocenters. The average Bonchev–Trinajstić information content (AvgIpc) is 1.94. The van der Waals surface area contributed by atoms with Crippen LogP contribution in [0.15, 0.2) is 24.5 Å². The quantitative estimate of drug-likeness (QED) is 0.497. The van der Waals surface area contributed by atoms with Crippen LogP contribution < -0.4 is 0 Å². The Hall–Kier alpha value is -0.120. The molecule has 0 aliphatic carbocycles. The van der Waals surface area contributed by atoms with Crippen LogP contribution in [0.1, 0.15) is 5.56 Å². The van der Waals surface area contributed by atoms with Crippen LogP contribution in [-0.4, -0.2) is 9.91 Å². The summed E-state index contributed by atoms with van der Waals surface area (Å²) in [6.45, 7) is 2.04. The minimum atomic E-state index is 1.26. The lowest BCUT2D eigenvalue weighted by Crippen LogP contribution is -1.68. The predicted molar refractivity (Wildman–Crippen MR) is 48.9 cm³/mol. The number of alkyl halides is 1.